The standard InChI is InChI=1S/C16H14N4O5/c1-25-9-4-2-8(3-5-9)12(10-6-17-15(23)19-13(10)21)11-7-18-16(24)20-14(11)22/h2-7,12H,1H3,(H2,17,19,21,23)(H2,18,20,22,24). The summed E-state index contributed by atoms with van der Waals surface area (Å²) in [5.74, 6) is -0.194. The maximum atomic E-state index is 12.2. The monoisotopic (exact) mass is 342 g/mol. The van der Waals surface area contributed by atoms with Crippen molar-refractivity contribution in [3.8, 4) is 5.75 Å². The molecule has 0 saturated carbocycles. The van der Waals surface area contributed by atoms with Crippen LogP contribution in [0.5, 0.6) is 5.75 Å². The van der Waals surface area contributed by atoms with Crippen LogP contribution < -0.4 is 27.2 Å². The van der Waals surface area contributed by atoms with Gasteiger partial charge in [-0.3, -0.25) is 19.6 Å². The van der Waals surface area contributed by atoms with Crippen LogP contribution in [0, 0.1) is 0 Å². The molecular weight excluding hydrogens is 328 g/mol. The summed E-state index contributed by atoms with van der Waals surface area (Å²) in [5, 5.41) is 0. The summed E-state index contributed by atoms with van der Waals surface area (Å²) < 4.78 is 5.11. The molecule has 1 aromatic carbocycles. The molecule has 0 amide bonds. The minimum absolute atomic E-state index is 0.155. The highest BCUT2D eigenvalue weighted by Gasteiger charge is 2.23. The third-order valence-corrected chi connectivity index (χ3v) is 3.77. The number of rotatable bonds is 4. The topological polar surface area (TPSA) is 141 Å². The Morgan fingerprint density at radius 3 is 1.68 bits per heavy atom. The second-order valence-electron chi connectivity index (χ2n) is 5.26. The number of aromatic nitrogens is 4. The van der Waals surface area contributed by atoms with E-state index in [4.69, 9.17) is 4.74 Å². The van der Waals surface area contributed by atoms with E-state index in [1.165, 1.54) is 19.5 Å². The van der Waals surface area contributed by atoms with E-state index in [0.29, 0.717) is 11.3 Å². The summed E-state index contributed by atoms with van der Waals surface area (Å²) in [7, 11) is 1.52. The van der Waals surface area contributed by atoms with Crippen molar-refractivity contribution in [3.05, 3.63) is 95.0 Å². The number of H-pyrrole nitrogens is 4. The van der Waals surface area contributed by atoms with Crippen molar-refractivity contribution < 1.29 is 4.74 Å². The van der Waals surface area contributed by atoms with Gasteiger partial charge in [0.25, 0.3) is 11.1 Å². The first-order chi connectivity index (χ1) is 12.0. The first-order valence-electron chi connectivity index (χ1n) is 7.27. The maximum Gasteiger partial charge on any atom is 0.325 e. The first-order valence-corrected chi connectivity index (χ1v) is 7.27. The van der Waals surface area contributed by atoms with E-state index in [0.717, 1.165) is 0 Å². The van der Waals surface area contributed by atoms with Gasteiger partial charge in [0.2, 0.25) is 0 Å². The molecule has 3 rings (SSSR count). The molecule has 4 N–H and O–H groups in total. The van der Waals surface area contributed by atoms with E-state index >= 15 is 0 Å². The highest BCUT2D eigenvalue weighted by molar-refractivity contribution is 5.41. The molecule has 25 heavy (non-hydrogen) atoms. The zero-order valence-corrected chi connectivity index (χ0v) is 13.1. The van der Waals surface area contributed by atoms with Gasteiger partial charge in [-0.15, -0.1) is 0 Å². The lowest BCUT2D eigenvalue weighted by molar-refractivity contribution is 0.414. The largest absolute Gasteiger partial charge is 0.497 e. The highest BCUT2D eigenvalue weighted by Crippen LogP contribution is 2.28. The lowest BCUT2D eigenvalue weighted by Gasteiger charge is -2.16. The van der Waals surface area contributed by atoms with Gasteiger partial charge in [-0.25, -0.2) is 9.59 Å². The van der Waals surface area contributed by atoms with Crippen LogP contribution in [0.2, 0.25) is 0 Å². The summed E-state index contributed by atoms with van der Waals surface area (Å²) in [4.78, 5) is 56.1. The fourth-order valence-electron chi connectivity index (χ4n) is 2.59. The van der Waals surface area contributed by atoms with Crippen LogP contribution in [-0.4, -0.2) is 27.0 Å². The second kappa shape index (κ2) is 6.48. The smallest absolute Gasteiger partial charge is 0.325 e. The molecule has 9 heteroatoms. The molecule has 0 radical (unpaired) electrons. The van der Waals surface area contributed by atoms with Crippen molar-refractivity contribution in [2.75, 3.05) is 7.11 Å². The van der Waals surface area contributed by atoms with Crippen LogP contribution in [-0.2, 0) is 0 Å². The summed E-state index contributed by atoms with van der Waals surface area (Å²) in [5.41, 5.74) is -1.65. The zero-order valence-electron chi connectivity index (χ0n) is 13.1. The van der Waals surface area contributed by atoms with Gasteiger partial charge in [0.15, 0.2) is 0 Å². The molecular formula is C16H14N4O5. The van der Waals surface area contributed by atoms with Crippen LogP contribution >= 0.6 is 0 Å². The predicted molar refractivity (Wildman–Crippen MR) is 89.3 cm³/mol. The normalized spacial score (nSPS) is 10.8. The Labute approximate surface area is 139 Å². The fourth-order valence-corrected chi connectivity index (χ4v) is 2.59. The molecule has 2 aromatic heterocycles. The lowest BCUT2D eigenvalue weighted by Crippen LogP contribution is -2.31. The summed E-state index contributed by atoms with van der Waals surface area (Å²) in [6.07, 6.45) is 2.50. The summed E-state index contributed by atoms with van der Waals surface area (Å²) in [6, 6.07) is 6.75. The summed E-state index contributed by atoms with van der Waals surface area (Å²) >= 11 is 0. The third kappa shape index (κ3) is 3.20. The number of aromatic amines is 4. The van der Waals surface area contributed by atoms with E-state index in [9.17, 15) is 19.2 Å². The van der Waals surface area contributed by atoms with Crippen LogP contribution in [0.3, 0.4) is 0 Å². The molecule has 0 fully saturated rings. The van der Waals surface area contributed by atoms with Crippen molar-refractivity contribution in [2.24, 2.45) is 0 Å². The molecule has 0 saturated heterocycles. The maximum absolute atomic E-state index is 12.2. The number of methoxy groups -OCH3 is 1. The highest BCUT2D eigenvalue weighted by atomic mass is 16.5. The van der Waals surface area contributed by atoms with Gasteiger partial charge in [-0.2, -0.15) is 0 Å². The third-order valence-electron chi connectivity index (χ3n) is 3.77. The molecule has 0 atom stereocenters. The van der Waals surface area contributed by atoms with E-state index in [2.05, 4.69) is 19.9 Å². The van der Waals surface area contributed by atoms with Gasteiger partial charge in [-0.05, 0) is 17.7 Å². The Bertz CT molecular complexity index is 1050. The quantitative estimate of drug-likeness (QED) is 0.512. The molecule has 2 heterocycles. The van der Waals surface area contributed by atoms with Crippen molar-refractivity contribution in [3.63, 3.8) is 0 Å². The van der Waals surface area contributed by atoms with Crippen LogP contribution in [0.25, 0.3) is 0 Å². The van der Waals surface area contributed by atoms with Crippen LogP contribution in [0.15, 0.2) is 55.8 Å². The van der Waals surface area contributed by atoms with Gasteiger partial charge in [-0.1, -0.05) is 12.1 Å². The van der Waals surface area contributed by atoms with Gasteiger partial charge in [0.1, 0.15) is 5.75 Å². The van der Waals surface area contributed by atoms with Gasteiger partial charge >= 0.3 is 11.4 Å². The van der Waals surface area contributed by atoms with Gasteiger partial charge in [0.05, 0.1) is 7.11 Å². The zero-order chi connectivity index (χ0) is 18.0. The number of hydrogen-bond donors (Lipinski definition) is 4. The minimum atomic E-state index is -0.799. The summed E-state index contributed by atoms with van der Waals surface area (Å²) in [6.45, 7) is 0. The molecule has 0 aliphatic heterocycles. The molecule has 0 bridgehead atoms. The molecule has 0 spiro atoms. The Kier molecular flexibility index (Phi) is 4.21. The number of nitrogens with one attached hydrogen (secondary N) is 4. The first kappa shape index (κ1) is 16.2. The molecule has 128 valence electrons. The Hall–Kier alpha value is -3.62. The predicted octanol–water partition coefficient (Wildman–Crippen LogP) is -0.371. The lowest BCUT2D eigenvalue weighted by atomic mass is 9.88. The van der Waals surface area contributed by atoms with Crippen LogP contribution in [0.1, 0.15) is 22.6 Å². The number of ether oxygens (including phenoxy) is 1. The van der Waals surface area contributed by atoms with Gasteiger partial charge < -0.3 is 14.7 Å². The van der Waals surface area contributed by atoms with Crippen LogP contribution in [0.4, 0.5) is 0 Å². The van der Waals surface area contributed by atoms with E-state index in [-0.39, 0.29) is 11.1 Å². The van der Waals surface area contributed by atoms with Gasteiger partial charge in [0, 0.05) is 29.4 Å². The minimum Gasteiger partial charge on any atom is -0.497 e. The molecule has 3 aromatic rings. The van der Waals surface area contributed by atoms with Crippen molar-refractivity contribution in [2.45, 2.75) is 5.92 Å². The fraction of sp³-hybridized carbons (Fsp3) is 0.125. The van der Waals surface area contributed by atoms with Crippen molar-refractivity contribution >= 4 is 0 Å². The van der Waals surface area contributed by atoms with Crippen molar-refractivity contribution in [1.29, 1.82) is 0 Å². The molecule has 0 aliphatic rings. The molecule has 0 unspecified atom stereocenters. The van der Waals surface area contributed by atoms with E-state index in [1.807, 2.05) is 0 Å². The SMILES string of the molecule is COc1ccc(C(c2c[nH]c(=O)[nH]c2=O)c2c[nH]c(=O)[nH]c2=O)cc1. The second-order valence-corrected chi connectivity index (χ2v) is 5.26. The molecule has 9 nitrogen and oxygen atoms in total. The Balaban J connectivity index is 2.27. The average Bonchev–Trinajstić information content (AvgIpc) is 2.59. The van der Waals surface area contributed by atoms with E-state index < -0.39 is 28.4 Å². The Morgan fingerprint density at radius 1 is 0.800 bits per heavy atom. The molecule has 0 aliphatic carbocycles. The number of benzene rings is 1. The van der Waals surface area contributed by atoms with Crippen molar-refractivity contribution in [1.82, 2.24) is 19.9 Å². The number of hydrogen-bond acceptors (Lipinski definition) is 5. The average molecular weight is 342 g/mol. The Morgan fingerprint density at radius 2 is 1.28 bits per heavy atom. The van der Waals surface area contributed by atoms with E-state index in [1.54, 1.807) is 24.3 Å².